The highest BCUT2D eigenvalue weighted by molar-refractivity contribution is 5.88. The third-order valence-electron chi connectivity index (χ3n) is 3.44. The molecule has 3 nitrogen and oxygen atoms in total. The van der Waals surface area contributed by atoms with E-state index in [-0.39, 0.29) is 6.61 Å². The van der Waals surface area contributed by atoms with Gasteiger partial charge in [0.15, 0.2) is 0 Å². The number of hydrogen-bond acceptors (Lipinski definition) is 3. The van der Waals surface area contributed by atoms with Gasteiger partial charge in [-0.15, -0.1) is 0 Å². The number of benzene rings is 2. The zero-order chi connectivity index (χ0) is 15.4. The largest absolute Gasteiger partial charge is 0.497 e. The van der Waals surface area contributed by atoms with Crippen molar-refractivity contribution in [2.45, 2.75) is 0 Å². The number of fused-ring (bicyclic) bond motifs is 1. The standard InChI is InChI=1S/C18H16FNO2/c1-21-17-5-4-13-8-14(2-3-15(13)9-17)16-10-18(12-20-11-16)22-7-6-19/h2-5,8-12H,6-7H2,1H3/i19-1. The van der Waals surface area contributed by atoms with E-state index in [2.05, 4.69) is 11.1 Å². The Bertz CT molecular complexity index is 789. The smallest absolute Gasteiger partial charge is 0.138 e. The molecule has 3 aromatic rings. The lowest BCUT2D eigenvalue weighted by Crippen LogP contribution is -1.99. The van der Waals surface area contributed by atoms with Gasteiger partial charge >= 0.3 is 0 Å². The van der Waals surface area contributed by atoms with E-state index >= 15 is 0 Å². The quantitative estimate of drug-likeness (QED) is 0.705. The Morgan fingerprint density at radius 2 is 1.73 bits per heavy atom. The molecule has 1 aromatic heterocycles. The molecule has 2 aromatic carbocycles. The van der Waals surface area contributed by atoms with Crippen molar-refractivity contribution < 1.29 is 13.9 Å². The number of methoxy groups -OCH3 is 1. The molecule has 0 aliphatic rings. The molecule has 0 atom stereocenters. The molecule has 22 heavy (non-hydrogen) atoms. The van der Waals surface area contributed by atoms with Gasteiger partial charge in [0.1, 0.15) is 24.8 Å². The number of alkyl halides is 1. The molecule has 4 heteroatoms. The first-order chi connectivity index (χ1) is 10.8. The van der Waals surface area contributed by atoms with Crippen LogP contribution in [0.3, 0.4) is 0 Å². The molecule has 0 saturated heterocycles. The zero-order valence-electron chi connectivity index (χ0n) is 12.3. The van der Waals surface area contributed by atoms with Gasteiger partial charge in [-0.25, -0.2) is 4.39 Å². The van der Waals surface area contributed by atoms with E-state index in [1.807, 2.05) is 36.4 Å². The molecular formula is C18H16FNO2. The Morgan fingerprint density at radius 3 is 2.55 bits per heavy atom. The summed E-state index contributed by atoms with van der Waals surface area (Å²) in [6.45, 7) is -0.468. The van der Waals surface area contributed by atoms with Crippen LogP contribution in [0.2, 0.25) is 0 Å². The Morgan fingerprint density at radius 1 is 0.909 bits per heavy atom. The lowest BCUT2D eigenvalue weighted by atomic mass is 10.0. The topological polar surface area (TPSA) is 31.4 Å². The third-order valence-corrected chi connectivity index (χ3v) is 3.44. The Hall–Kier alpha value is -2.62. The van der Waals surface area contributed by atoms with Crippen molar-refractivity contribution in [3.63, 3.8) is 0 Å². The summed E-state index contributed by atoms with van der Waals surface area (Å²) in [6.07, 6.45) is 3.36. The van der Waals surface area contributed by atoms with E-state index in [9.17, 15) is 4.39 Å². The second kappa shape index (κ2) is 6.43. The highest BCUT2D eigenvalue weighted by Gasteiger charge is 2.04. The molecule has 0 saturated carbocycles. The number of hydrogen-bond donors (Lipinski definition) is 0. The molecular weight excluding hydrogens is 280 g/mol. The van der Waals surface area contributed by atoms with E-state index in [1.165, 1.54) is 0 Å². The first-order valence-electron chi connectivity index (χ1n) is 7.02. The normalized spacial score (nSPS) is 10.6. The maximum absolute atomic E-state index is 12.2. The summed E-state index contributed by atoms with van der Waals surface area (Å²) in [5.74, 6) is 1.41. The maximum Gasteiger partial charge on any atom is 0.138 e. The average molecular weight is 296 g/mol. The molecule has 0 amide bonds. The second-order valence-electron chi connectivity index (χ2n) is 4.87. The van der Waals surface area contributed by atoms with Crippen LogP contribution in [0.4, 0.5) is 4.39 Å². The van der Waals surface area contributed by atoms with Crippen LogP contribution in [-0.2, 0) is 0 Å². The van der Waals surface area contributed by atoms with Crippen molar-refractivity contribution in [3.8, 4) is 22.6 Å². The van der Waals surface area contributed by atoms with E-state index < -0.39 is 6.67 Å². The fourth-order valence-corrected chi connectivity index (χ4v) is 2.34. The van der Waals surface area contributed by atoms with Gasteiger partial charge in [-0.05, 0) is 40.6 Å². The minimum atomic E-state index is -0.512. The summed E-state index contributed by atoms with van der Waals surface area (Å²) >= 11 is 0. The SMILES string of the molecule is COc1ccc2cc(-c3cncc(OCC[18F])c3)ccc2c1. The van der Waals surface area contributed by atoms with Crippen LogP contribution >= 0.6 is 0 Å². The first kappa shape index (κ1) is 14.3. The van der Waals surface area contributed by atoms with Gasteiger partial charge in [0.05, 0.1) is 13.3 Å². The monoisotopic (exact) mass is 296 g/mol. The minimum absolute atomic E-state index is 0.0443. The molecule has 0 aliphatic carbocycles. The average Bonchev–Trinajstić information content (AvgIpc) is 2.59. The summed E-state index contributed by atoms with van der Waals surface area (Å²) in [5, 5.41) is 2.23. The highest BCUT2D eigenvalue weighted by atomic mass is 18.2. The van der Waals surface area contributed by atoms with Gasteiger partial charge in [-0.2, -0.15) is 0 Å². The summed E-state index contributed by atoms with van der Waals surface area (Å²) < 4.78 is 22.7. The number of halogens is 1. The van der Waals surface area contributed by atoms with Crippen LogP contribution in [0.15, 0.2) is 54.9 Å². The van der Waals surface area contributed by atoms with Crippen LogP contribution in [0, 0.1) is 0 Å². The lowest BCUT2D eigenvalue weighted by Gasteiger charge is -2.08. The van der Waals surface area contributed by atoms with Crippen molar-refractivity contribution in [1.82, 2.24) is 4.98 Å². The molecule has 112 valence electrons. The van der Waals surface area contributed by atoms with Crippen molar-refractivity contribution >= 4 is 10.8 Å². The van der Waals surface area contributed by atoms with Crippen molar-refractivity contribution in [2.24, 2.45) is 0 Å². The molecule has 3 rings (SSSR count). The number of rotatable bonds is 5. The van der Waals surface area contributed by atoms with Gasteiger partial charge in [0, 0.05) is 11.8 Å². The summed E-state index contributed by atoms with van der Waals surface area (Å²) in [6, 6.07) is 14.0. The molecule has 0 spiro atoms. The molecule has 0 aliphatic heterocycles. The number of aromatic nitrogens is 1. The Balaban J connectivity index is 1.96. The van der Waals surface area contributed by atoms with Crippen molar-refractivity contribution in [3.05, 3.63) is 54.9 Å². The van der Waals surface area contributed by atoms with Crippen LogP contribution in [0.25, 0.3) is 21.9 Å². The van der Waals surface area contributed by atoms with E-state index in [1.54, 1.807) is 19.5 Å². The van der Waals surface area contributed by atoms with E-state index in [0.717, 1.165) is 27.6 Å². The Kier molecular flexibility index (Phi) is 4.19. The number of nitrogens with zero attached hydrogens (tertiary/aromatic N) is 1. The summed E-state index contributed by atoms with van der Waals surface area (Å²) in [5.41, 5.74) is 1.98. The molecule has 0 fully saturated rings. The van der Waals surface area contributed by atoms with Gasteiger partial charge in [-0.3, -0.25) is 4.98 Å². The predicted octanol–water partition coefficient (Wildman–Crippen LogP) is 4.26. The predicted molar refractivity (Wildman–Crippen MR) is 85.2 cm³/mol. The lowest BCUT2D eigenvalue weighted by molar-refractivity contribution is 0.272. The van der Waals surface area contributed by atoms with Crippen LogP contribution in [-0.4, -0.2) is 25.4 Å². The van der Waals surface area contributed by atoms with Crippen molar-refractivity contribution in [1.29, 1.82) is 0 Å². The fraction of sp³-hybridized carbons (Fsp3) is 0.167. The highest BCUT2D eigenvalue weighted by Crippen LogP contribution is 2.28. The maximum atomic E-state index is 12.2. The number of pyridine rings is 1. The van der Waals surface area contributed by atoms with Crippen LogP contribution in [0.1, 0.15) is 0 Å². The van der Waals surface area contributed by atoms with E-state index in [0.29, 0.717) is 5.75 Å². The zero-order valence-corrected chi connectivity index (χ0v) is 12.3. The van der Waals surface area contributed by atoms with Gasteiger partial charge in [0.25, 0.3) is 0 Å². The molecule has 1 heterocycles. The molecule has 0 N–H and O–H groups in total. The number of ether oxygens (including phenoxy) is 2. The first-order valence-corrected chi connectivity index (χ1v) is 7.02. The van der Waals surface area contributed by atoms with Crippen LogP contribution in [0.5, 0.6) is 11.5 Å². The van der Waals surface area contributed by atoms with Gasteiger partial charge in [0.2, 0.25) is 0 Å². The fourth-order valence-electron chi connectivity index (χ4n) is 2.34. The Labute approximate surface area is 128 Å². The second-order valence-corrected chi connectivity index (χ2v) is 4.87. The van der Waals surface area contributed by atoms with Crippen molar-refractivity contribution in [2.75, 3.05) is 20.4 Å². The molecule has 0 unspecified atom stereocenters. The van der Waals surface area contributed by atoms with Gasteiger partial charge in [-0.1, -0.05) is 18.2 Å². The minimum Gasteiger partial charge on any atom is -0.497 e. The summed E-state index contributed by atoms with van der Waals surface area (Å²) in [4.78, 5) is 4.15. The summed E-state index contributed by atoms with van der Waals surface area (Å²) in [7, 11) is 1.66. The molecule has 0 radical (unpaired) electrons. The molecule has 0 bridgehead atoms. The van der Waals surface area contributed by atoms with Crippen LogP contribution < -0.4 is 9.47 Å². The van der Waals surface area contributed by atoms with E-state index in [4.69, 9.17) is 9.47 Å². The third kappa shape index (κ3) is 3.01. The van der Waals surface area contributed by atoms with Gasteiger partial charge < -0.3 is 9.47 Å².